The maximum Gasteiger partial charge on any atom is 0.311 e. The van der Waals surface area contributed by atoms with Crippen LogP contribution in [0.15, 0.2) is 48.7 Å². The normalized spacial score (nSPS) is 11.6. The van der Waals surface area contributed by atoms with Crippen LogP contribution in [-0.4, -0.2) is 14.0 Å². The van der Waals surface area contributed by atoms with E-state index in [2.05, 4.69) is 77.0 Å². The van der Waals surface area contributed by atoms with Gasteiger partial charge in [-0.3, -0.25) is 4.40 Å². The Kier molecular flexibility index (Phi) is 2.42. The first-order chi connectivity index (χ1) is 10.2. The number of rotatable bonds is 1. The highest BCUT2D eigenvalue weighted by Gasteiger charge is 2.21. The van der Waals surface area contributed by atoms with Gasteiger partial charge in [-0.1, -0.05) is 18.2 Å². The van der Waals surface area contributed by atoms with Crippen molar-refractivity contribution in [2.75, 3.05) is 0 Å². The molecule has 0 bridgehead atoms. The van der Waals surface area contributed by atoms with Crippen LogP contribution in [0.3, 0.4) is 0 Å². The van der Waals surface area contributed by atoms with E-state index in [9.17, 15) is 0 Å². The van der Waals surface area contributed by atoms with Crippen molar-refractivity contribution in [2.45, 2.75) is 13.8 Å². The molecule has 4 heteroatoms. The van der Waals surface area contributed by atoms with Gasteiger partial charge in [-0.2, -0.15) is 9.55 Å². The Labute approximate surface area is 122 Å². The molecule has 0 fully saturated rings. The summed E-state index contributed by atoms with van der Waals surface area (Å²) < 4.78 is 6.55. The third-order valence-corrected chi connectivity index (χ3v) is 4.13. The number of benzene rings is 1. The Morgan fingerprint density at radius 1 is 1.00 bits per heavy atom. The number of fused-ring (bicyclic) bond motifs is 3. The van der Waals surface area contributed by atoms with Gasteiger partial charge in [0.15, 0.2) is 0 Å². The van der Waals surface area contributed by atoms with Crippen LogP contribution in [0.4, 0.5) is 0 Å². The van der Waals surface area contributed by atoms with Gasteiger partial charge in [-0.25, -0.2) is 4.57 Å². The summed E-state index contributed by atoms with van der Waals surface area (Å²) in [6.07, 6.45) is 2.15. The second kappa shape index (κ2) is 4.19. The van der Waals surface area contributed by atoms with Gasteiger partial charge in [0, 0.05) is 6.07 Å². The first-order valence-electron chi connectivity index (χ1n) is 7.08. The predicted molar refractivity (Wildman–Crippen MR) is 82.7 cm³/mol. The van der Waals surface area contributed by atoms with Crippen LogP contribution in [0.1, 0.15) is 11.4 Å². The molecule has 0 radical (unpaired) electrons. The largest absolute Gasteiger partial charge is 0.311 e. The number of nitrogens with zero attached hydrogens (tertiary/aromatic N) is 4. The van der Waals surface area contributed by atoms with Gasteiger partial charge < -0.3 is 0 Å². The smallest absolute Gasteiger partial charge is 0.261 e. The summed E-state index contributed by atoms with van der Waals surface area (Å²) in [5.74, 6) is 2.08. The van der Waals surface area contributed by atoms with E-state index in [1.165, 1.54) is 11.4 Å². The second-order valence-corrected chi connectivity index (χ2v) is 5.46. The predicted octanol–water partition coefficient (Wildman–Crippen LogP) is 2.72. The third kappa shape index (κ3) is 1.62. The molecule has 0 saturated carbocycles. The van der Waals surface area contributed by atoms with E-state index in [0.717, 1.165) is 22.6 Å². The Balaban J connectivity index is 2.13. The van der Waals surface area contributed by atoms with E-state index in [-0.39, 0.29) is 0 Å². The van der Waals surface area contributed by atoms with Crippen LogP contribution >= 0.6 is 0 Å². The van der Waals surface area contributed by atoms with Gasteiger partial charge >= 0.3 is 5.78 Å². The number of imidazole rings is 2. The minimum Gasteiger partial charge on any atom is -0.261 e. The molecule has 0 amide bonds. The van der Waals surface area contributed by atoms with Gasteiger partial charge in [0.2, 0.25) is 0 Å². The molecule has 0 aliphatic carbocycles. The van der Waals surface area contributed by atoms with E-state index in [0.29, 0.717) is 0 Å². The molecule has 4 rings (SSSR count). The summed E-state index contributed by atoms with van der Waals surface area (Å²) in [5, 5.41) is 0. The van der Waals surface area contributed by atoms with E-state index >= 15 is 0 Å². The SMILES string of the molecule is Cc1cn2c3ccccc3nc2n1-c1cccc(C)[n+]1C. The fourth-order valence-electron chi connectivity index (χ4n) is 2.90. The molecule has 3 aromatic heterocycles. The van der Waals surface area contributed by atoms with Crippen LogP contribution in [0.2, 0.25) is 0 Å². The first kappa shape index (κ1) is 12.1. The minimum absolute atomic E-state index is 0.954. The van der Waals surface area contributed by atoms with Gasteiger partial charge in [0.25, 0.3) is 5.82 Å². The molecule has 4 nitrogen and oxygen atoms in total. The molecular formula is C17H17N4+. The summed E-state index contributed by atoms with van der Waals surface area (Å²) in [6, 6.07) is 14.6. The number of aryl methyl sites for hydroxylation is 2. The summed E-state index contributed by atoms with van der Waals surface area (Å²) in [6.45, 7) is 4.23. The number of hydrogen-bond acceptors (Lipinski definition) is 1. The quantitative estimate of drug-likeness (QED) is 0.491. The van der Waals surface area contributed by atoms with Crippen molar-refractivity contribution in [3.63, 3.8) is 0 Å². The molecule has 3 heterocycles. The van der Waals surface area contributed by atoms with Crippen molar-refractivity contribution in [1.82, 2.24) is 14.0 Å². The number of para-hydroxylation sites is 2. The van der Waals surface area contributed by atoms with Crippen LogP contribution in [-0.2, 0) is 7.05 Å². The van der Waals surface area contributed by atoms with Crippen molar-refractivity contribution >= 4 is 16.8 Å². The monoisotopic (exact) mass is 277 g/mol. The Morgan fingerprint density at radius 2 is 1.81 bits per heavy atom. The number of hydrogen-bond donors (Lipinski definition) is 0. The summed E-state index contributed by atoms with van der Waals surface area (Å²) in [4.78, 5) is 4.80. The van der Waals surface area contributed by atoms with E-state index in [1.807, 2.05) is 6.07 Å². The molecular weight excluding hydrogens is 260 g/mol. The van der Waals surface area contributed by atoms with Gasteiger partial charge in [-0.15, -0.1) is 0 Å². The number of pyridine rings is 1. The lowest BCUT2D eigenvalue weighted by atomic mass is 10.3. The summed E-state index contributed by atoms with van der Waals surface area (Å²) in [7, 11) is 2.09. The average Bonchev–Trinajstić information content (AvgIpc) is 2.97. The molecule has 104 valence electrons. The molecule has 0 saturated heterocycles. The first-order valence-corrected chi connectivity index (χ1v) is 7.08. The molecule has 0 atom stereocenters. The Morgan fingerprint density at radius 3 is 2.67 bits per heavy atom. The lowest BCUT2D eigenvalue weighted by Crippen LogP contribution is -2.37. The minimum atomic E-state index is 0.954. The molecule has 21 heavy (non-hydrogen) atoms. The van der Waals surface area contributed by atoms with Crippen LogP contribution in [0.25, 0.3) is 22.6 Å². The third-order valence-electron chi connectivity index (χ3n) is 4.13. The van der Waals surface area contributed by atoms with Gasteiger partial charge in [0.05, 0.1) is 24.3 Å². The van der Waals surface area contributed by atoms with Crippen LogP contribution in [0, 0.1) is 13.8 Å². The van der Waals surface area contributed by atoms with Crippen molar-refractivity contribution in [3.05, 3.63) is 60.0 Å². The summed E-state index contributed by atoms with van der Waals surface area (Å²) >= 11 is 0. The highest BCUT2D eigenvalue weighted by molar-refractivity contribution is 5.80. The Bertz CT molecular complexity index is 975. The molecule has 1 aromatic carbocycles. The fraction of sp³-hybridized carbons (Fsp3) is 0.176. The van der Waals surface area contributed by atoms with E-state index in [4.69, 9.17) is 4.98 Å². The average molecular weight is 277 g/mol. The molecule has 0 aliphatic rings. The molecule has 0 spiro atoms. The highest BCUT2D eigenvalue weighted by atomic mass is 15.3. The van der Waals surface area contributed by atoms with Gasteiger partial charge in [0.1, 0.15) is 11.4 Å². The van der Waals surface area contributed by atoms with Crippen LogP contribution < -0.4 is 4.57 Å². The standard InChI is InChI=1S/C17H17N4/c1-12-7-6-10-16(19(12)3)21-13(2)11-20-15-9-5-4-8-14(15)18-17(20)21/h4-11H,1-3H3/q+1. The number of aromatic nitrogens is 4. The molecule has 4 aromatic rings. The van der Waals surface area contributed by atoms with Crippen LogP contribution in [0.5, 0.6) is 0 Å². The maximum atomic E-state index is 4.80. The summed E-state index contributed by atoms with van der Waals surface area (Å²) in [5.41, 5.74) is 4.56. The van der Waals surface area contributed by atoms with Crippen molar-refractivity contribution in [2.24, 2.45) is 7.05 Å². The Hall–Kier alpha value is -2.62. The lowest BCUT2D eigenvalue weighted by Gasteiger charge is -2.04. The maximum absolute atomic E-state index is 4.80. The van der Waals surface area contributed by atoms with E-state index in [1.54, 1.807) is 0 Å². The fourth-order valence-corrected chi connectivity index (χ4v) is 2.90. The zero-order chi connectivity index (χ0) is 14.6. The zero-order valence-corrected chi connectivity index (χ0v) is 12.4. The van der Waals surface area contributed by atoms with Crippen molar-refractivity contribution in [1.29, 1.82) is 0 Å². The zero-order valence-electron chi connectivity index (χ0n) is 12.4. The van der Waals surface area contributed by atoms with Crippen molar-refractivity contribution in [3.8, 4) is 5.82 Å². The lowest BCUT2D eigenvalue weighted by molar-refractivity contribution is -0.671. The molecule has 0 unspecified atom stereocenters. The topological polar surface area (TPSA) is 26.1 Å². The molecule has 0 N–H and O–H groups in total. The highest BCUT2D eigenvalue weighted by Crippen LogP contribution is 2.21. The van der Waals surface area contributed by atoms with E-state index < -0.39 is 0 Å². The van der Waals surface area contributed by atoms with Crippen molar-refractivity contribution < 1.29 is 4.57 Å². The molecule has 0 aliphatic heterocycles. The van der Waals surface area contributed by atoms with Gasteiger partial charge in [-0.05, 0) is 32.0 Å². The second-order valence-electron chi connectivity index (χ2n) is 5.46.